The fourth-order valence-electron chi connectivity index (χ4n) is 4.96. The molecule has 0 saturated carbocycles. The van der Waals surface area contributed by atoms with E-state index >= 15 is 0 Å². The summed E-state index contributed by atoms with van der Waals surface area (Å²) in [5, 5.41) is 0. The van der Waals surface area contributed by atoms with E-state index in [1.165, 1.54) is 25.7 Å². The molecule has 2 aromatic carbocycles. The smallest absolute Gasteiger partial charge is 0.338 e. The van der Waals surface area contributed by atoms with E-state index in [0.717, 1.165) is 25.7 Å². The molecule has 0 amide bonds. The molecule has 2 aliphatic heterocycles. The average Bonchev–Trinajstić information content (AvgIpc) is 3.48. The van der Waals surface area contributed by atoms with Gasteiger partial charge in [0, 0.05) is 0 Å². The van der Waals surface area contributed by atoms with Crippen LogP contribution in [0.5, 0.6) is 11.5 Å². The van der Waals surface area contributed by atoms with E-state index in [9.17, 15) is 9.59 Å². The molecule has 41 heavy (non-hydrogen) atoms. The molecule has 2 aromatic rings. The minimum atomic E-state index is -1.42. The van der Waals surface area contributed by atoms with Gasteiger partial charge in [-0.25, -0.2) is 9.59 Å². The van der Waals surface area contributed by atoms with Crippen molar-refractivity contribution >= 4 is 11.9 Å². The fourth-order valence-corrected chi connectivity index (χ4v) is 4.96. The molecule has 0 radical (unpaired) electrons. The highest BCUT2D eigenvalue weighted by atomic mass is 16.7. The Morgan fingerprint density at radius 3 is 1.78 bits per heavy atom. The predicted molar refractivity (Wildman–Crippen MR) is 153 cm³/mol. The van der Waals surface area contributed by atoms with Gasteiger partial charge in [0.25, 0.3) is 0 Å². The van der Waals surface area contributed by atoms with Gasteiger partial charge in [-0.05, 0) is 61.4 Å². The molecule has 0 unspecified atom stereocenters. The second-order valence-corrected chi connectivity index (χ2v) is 10.6. The Balaban J connectivity index is 1.24. The number of carbonyl (C=O) groups is 2. The van der Waals surface area contributed by atoms with Crippen molar-refractivity contribution in [2.45, 2.75) is 89.3 Å². The third-order valence-corrected chi connectivity index (χ3v) is 7.43. The summed E-state index contributed by atoms with van der Waals surface area (Å²) < 4.78 is 34.5. The molecule has 2 N–H and O–H groups in total. The van der Waals surface area contributed by atoms with Gasteiger partial charge in [0.15, 0.2) is 17.9 Å². The monoisotopic (exact) mass is 569 g/mol. The first-order valence-electron chi connectivity index (χ1n) is 14.9. The quantitative estimate of drug-likeness (QED) is 0.208. The molecule has 2 saturated heterocycles. The van der Waals surface area contributed by atoms with Crippen molar-refractivity contribution in [3.63, 3.8) is 0 Å². The summed E-state index contributed by atoms with van der Waals surface area (Å²) in [4.78, 5) is 25.6. The lowest BCUT2D eigenvalue weighted by Crippen LogP contribution is -2.56. The zero-order valence-electron chi connectivity index (χ0n) is 24.2. The van der Waals surface area contributed by atoms with Gasteiger partial charge in [0.1, 0.15) is 17.6 Å². The molecule has 2 heterocycles. The molecule has 4 atom stereocenters. The van der Waals surface area contributed by atoms with E-state index in [4.69, 9.17) is 34.2 Å². The van der Waals surface area contributed by atoms with E-state index in [-0.39, 0.29) is 13.2 Å². The standard InChI is InChI=1S/C32H43NO8/c1-3-5-7-9-19-36-25-15-11-23(12-16-25)30(34)40-27-21-39-32(33)28(22-38-29(27)32)41-31(35)24-13-17-26(18-14-24)37-20-10-8-6-4-2/h11-18,27-29H,3-10,19-22,33H2,1-2H3/t27-,28+,29-,32-/m1/s1. The number of fused-ring (bicyclic) bond motifs is 1. The third kappa shape index (κ3) is 8.21. The van der Waals surface area contributed by atoms with Gasteiger partial charge in [-0.2, -0.15) is 0 Å². The third-order valence-electron chi connectivity index (χ3n) is 7.43. The Morgan fingerprint density at radius 2 is 1.27 bits per heavy atom. The van der Waals surface area contributed by atoms with Gasteiger partial charge in [-0.15, -0.1) is 0 Å². The van der Waals surface area contributed by atoms with Crippen LogP contribution in [0.4, 0.5) is 0 Å². The van der Waals surface area contributed by atoms with Crippen LogP contribution in [0.15, 0.2) is 48.5 Å². The van der Waals surface area contributed by atoms with E-state index in [1.54, 1.807) is 48.5 Å². The van der Waals surface area contributed by atoms with E-state index in [2.05, 4.69) is 13.8 Å². The average molecular weight is 570 g/mol. The molecular weight excluding hydrogens is 526 g/mol. The number of hydrogen-bond acceptors (Lipinski definition) is 9. The Kier molecular flexibility index (Phi) is 11.4. The maximum atomic E-state index is 12.8. The van der Waals surface area contributed by atoms with Crippen LogP contribution < -0.4 is 15.2 Å². The summed E-state index contributed by atoms with van der Waals surface area (Å²) in [7, 11) is 0. The number of unbranched alkanes of at least 4 members (excludes halogenated alkanes) is 6. The van der Waals surface area contributed by atoms with Gasteiger partial charge in [0.05, 0.1) is 37.6 Å². The summed E-state index contributed by atoms with van der Waals surface area (Å²) >= 11 is 0. The minimum absolute atomic E-state index is 0.0319. The van der Waals surface area contributed by atoms with Crippen molar-refractivity contribution in [3.05, 3.63) is 59.7 Å². The number of benzene rings is 2. The number of hydrogen-bond donors (Lipinski definition) is 1. The normalized spacial score (nSPS) is 23.1. The Labute approximate surface area is 242 Å². The number of rotatable bonds is 16. The highest BCUT2D eigenvalue weighted by molar-refractivity contribution is 5.90. The fraction of sp³-hybridized carbons (Fsp3) is 0.562. The summed E-state index contributed by atoms with van der Waals surface area (Å²) in [6, 6.07) is 13.6. The number of nitrogens with two attached hydrogens (primary N) is 1. The van der Waals surface area contributed by atoms with Crippen molar-refractivity contribution < 1.29 is 38.0 Å². The highest BCUT2D eigenvalue weighted by Crippen LogP contribution is 2.37. The minimum Gasteiger partial charge on any atom is -0.494 e. The van der Waals surface area contributed by atoms with Crippen molar-refractivity contribution in [1.29, 1.82) is 0 Å². The molecule has 9 heteroatoms. The maximum Gasteiger partial charge on any atom is 0.338 e. The van der Waals surface area contributed by atoms with Crippen LogP contribution in [0, 0.1) is 0 Å². The summed E-state index contributed by atoms with van der Waals surface area (Å²) in [5.41, 5.74) is 5.83. The van der Waals surface area contributed by atoms with E-state index in [1.807, 2.05) is 0 Å². The Hall–Kier alpha value is -3.14. The first-order valence-corrected chi connectivity index (χ1v) is 14.9. The van der Waals surface area contributed by atoms with Crippen LogP contribution in [0.25, 0.3) is 0 Å². The van der Waals surface area contributed by atoms with Crippen LogP contribution in [0.3, 0.4) is 0 Å². The Bertz CT molecular complexity index is 1110. The zero-order chi connectivity index (χ0) is 29.1. The molecule has 0 aliphatic carbocycles. The summed E-state index contributed by atoms with van der Waals surface area (Å²) in [5.74, 6) is 0.340. The van der Waals surface area contributed by atoms with Crippen LogP contribution >= 0.6 is 0 Å². The summed E-state index contributed by atoms with van der Waals surface area (Å²) in [6.45, 7) is 5.69. The lowest BCUT2D eigenvalue weighted by molar-refractivity contribution is -0.0803. The molecular formula is C32H43NO8. The summed E-state index contributed by atoms with van der Waals surface area (Å²) in [6.07, 6.45) is 6.65. The van der Waals surface area contributed by atoms with Gasteiger partial charge in [0.2, 0.25) is 0 Å². The lowest BCUT2D eigenvalue weighted by Gasteiger charge is -2.27. The molecule has 0 spiro atoms. The molecule has 4 rings (SSSR count). The van der Waals surface area contributed by atoms with Crippen LogP contribution in [-0.2, 0) is 18.9 Å². The first-order chi connectivity index (χ1) is 19.9. The highest BCUT2D eigenvalue weighted by Gasteiger charge is 2.61. The molecule has 2 fully saturated rings. The van der Waals surface area contributed by atoms with Crippen LogP contribution in [0.1, 0.15) is 85.9 Å². The zero-order valence-corrected chi connectivity index (χ0v) is 24.2. The van der Waals surface area contributed by atoms with Crippen molar-refractivity contribution in [1.82, 2.24) is 0 Å². The van der Waals surface area contributed by atoms with Crippen molar-refractivity contribution in [2.24, 2.45) is 5.73 Å². The first kappa shape index (κ1) is 30.8. The molecule has 224 valence electrons. The van der Waals surface area contributed by atoms with Gasteiger partial charge in [-0.3, -0.25) is 5.73 Å². The molecule has 9 nitrogen and oxygen atoms in total. The largest absolute Gasteiger partial charge is 0.494 e. The van der Waals surface area contributed by atoms with Crippen molar-refractivity contribution in [3.8, 4) is 11.5 Å². The number of ether oxygens (including phenoxy) is 6. The number of esters is 2. The Morgan fingerprint density at radius 1 is 0.756 bits per heavy atom. The second-order valence-electron chi connectivity index (χ2n) is 10.6. The van der Waals surface area contributed by atoms with Crippen molar-refractivity contribution in [2.75, 3.05) is 26.4 Å². The maximum absolute atomic E-state index is 12.8. The van der Waals surface area contributed by atoms with Gasteiger partial charge in [-0.1, -0.05) is 52.4 Å². The van der Waals surface area contributed by atoms with E-state index in [0.29, 0.717) is 35.8 Å². The number of carbonyl (C=O) groups excluding carboxylic acids is 2. The SMILES string of the molecule is CCCCCCOc1ccc(C(=O)O[C@H]2CO[C@@H]3[C@H](OC(=O)c4ccc(OCCCCCC)cc4)CO[C@]23N)cc1. The predicted octanol–water partition coefficient (Wildman–Crippen LogP) is 5.44. The molecule has 0 aromatic heterocycles. The van der Waals surface area contributed by atoms with Crippen LogP contribution in [-0.4, -0.2) is 62.4 Å². The van der Waals surface area contributed by atoms with Crippen LogP contribution in [0.2, 0.25) is 0 Å². The topological polar surface area (TPSA) is 116 Å². The van der Waals surface area contributed by atoms with Gasteiger partial charge < -0.3 is 28.4 Å². The second kappa shape index (κ2) is 15.2. The lowest BCUT2D eigenvalue weighted by atomic mass is 10.0. The molecule has 0 bridgehead atoms. The van der Waals surface area contributed by atoms with Gasteiger partial charge >= 0.3 is 11.9 Å². The molecule has 2 aliphatic rings. The van der Waals surface area contributed by atoms with E-state index < -0.39 is 36.0 Å².